The molecule has 0 spiro atoms. The average Bonchev–Trinajstić information content (AvgIpc) is 2.16. The molecule has 0 aliphatic heterocycles. The van der Waals surface area contributed by atoms with Crippen LogP contribution in [0.15, 0.2) is 22.7 Å². The number of alkyl halides is 1. The van der Waals surface area contributed by atoms with Gasteiger partial charge >= 0.3 is 5.97 Å². The molecule has 0 amide bonds. The maximum atomic E-state index is 10.6. The minimum Gasteiger partial charge on any atom is -0.479 e. The number of hydrogen-bond donors (Lipinski definition) is 2. The van der Waals surface area contributed by atoms with E-state index in [2.05, 4.69) is 31.9 Å². The van der Waals surface area contributed by atoms with Crippen molar-refractivity contribution in [1.29, 1.82) is 0 Å². The van der Waals surface area contributed by atoms with Gasteiger partial charge in [-0.1, -0.05) is 37.9 Å². The van der Waals surface area contributed by atoms with E-state index in [1.54, 1.807) is 18.2 Å². The Balaban J connectivity index is 3.13. The first-order chi connectivity index (χ1) is 6.56. The monoisotopic (exact) mass is 322 g/mol. The van der Waals surface area contributed by atoms with Crippen molar-refractivity contribution in [1.82, 2.24) is 0 Å². The van der Waals surface area contributed by atoms with Crippen LogP contribution in [-0.4, -0.2) is 16.2 Å². The van der Waals surface area contributed by atoms with Gasteiger partial charge in [0.2, 0.25) is 0 Å². The number of hydrogen-bond acceptors (Lipinski definition) is 2. The van der Waals surface area contributed by atoms with Crippen molar-refractivity contribution < 1.29 is 15.0 Å². The molecule has 0 saturated heterocycles. The van der Waals surface area contributed by atoms with Crippen LogP contribution in [-0.2, 0) is 10.1 Å². The van der Waals surface area contributed by atoms with Crippen LogP contribution in [0.1, 0.15) is 17.2 Å². The van der Waals surface area contributed by atoms with E-state index >= 15 is 0 Å². The molecule has 3 nitrogen and oxygen atoms in total. The van der Waals surface area contributed by atoms with Gasteiger partial charge in [0.15, 0.2) is 6.10 Å². The van der Waals surface area contributed by atoms with Crippen LogP contribution in [0.25, 0.3) is 0 Å². The highest BCUT2D eigenvalue weighted by molar-refractivity contribution is 9.10. The first-order valence-corrected chi connectivity index (χ1v) is 5.73. The Morgan fingerprint density at radius 2 is 2.14 bits per heavy atom. The van der Waals surface area contributed by atoms with Gasteiger partial charge in [-0.15, -0.1) is 0 Å². The zero-order valence-corrected chi connectivity index (χ0v) is 10.2. The SMILES string of the molecule is O=C(O)C(O)c1ccc(Br)cc1CBr. The van der Waals surface area contributed by atoms with Crippen LogP contribution in [0.5, 0.6) is 0 Å². The van der Waals surface area contributed by atoms with Crippen molar-refractivity contribution in [2.75, 3.05) is 0 Å². The minimum absolute atomic E-state index is 0.414. The third-order valence-electron chi connectivity index (χ3n) is 1.78. The maximum absolute atomic E-state index is 10.6. The second-order valence-electron chi connectivity index (χ2n) is 2.72. The molecular weight excluding hydrogens is 316 g/mol. The molecule has 0 heterocycles. The lowest BCUT2D eigenvalue weighted by Gasteiger charge is -2.10. The van der Waals surface area contributed by atoms with Crippen molar-refractivity contribution in [2.24, 2.45) is 0 Å². The molecule has 0 fully saturated rings. The Labute approximate surface area is 98.0 Å². The highest BCUT2D eigenvalue weighted by Gasteiger charge is 2.18. The maximum Gasteiger partial charge on any atom is 0.337 e. The van der Waals surface area contributed by atoms with Crippen LogP contribution >= 0.6 is 31.9 Å². The Morgan fingerprint density at radius 1 is 1.50 bits per heavy atom. The lowest BCUT2D eigenvalue weighted by atomic mass is 10.0. The molecule has 14 heavy (non-hydrogen) atoms. The predicted octanol–water partition coefficient (Wildman–Crippen LogP) is 2.46. The Kier molecular flexibility index (Phi) is 4.10. The highest BCUT2D eigenvalue weighted by atomic mass is 79.9. The van der Waals surface area contributed by atoms with Crippen molar-refractivity contribution >= 4 is 37.8 Å². The number of benzene rings is 1. The normalized spacial score (nSPS) is 12.5. The summed E-state index contributed by atoms with van der Waals surface area (Å²) in [6.45, 7) is 0. The Morgan fingerprint density at radius 3 is 2.64 bits per heavy atom. The van der Waals surface area contributed by atoms with E-state index in [1.165, 1.54) is 0 Å². The topological polar surface area (TPSA) is 57.5 Å². The smallest absolute Gasteiger partial charge is 0.337 e. The highest BCUT2D eigenvalue weighted by Crippen LogP contribution is 2.24. The first kappa shape index (κ1) is 11.7. The molecule has 1 aromatic carbocycles. The number of carbonyl (C=O) groups is 1. The van der Waals surface area contributed by atoms with Gasteiger partial charge < -0.3 is 10.2 Å². The van der Waals surface area contributed by atoms with Gasteiger partial charge in [0.1, 0.15) is 0 Å². The number of carboxylic acids is 1. The lowest BCUT2D eigenvalue weighted by Crippen LogP contribution is -2.12. The van der Waals surface area contributed by atoms with Gasteiger partial charge in [0.25, 0.3) is 0 Å². The quantitative estimate of drug-likeness (QED) is 0.840. The molecule has 0 radical (unpaired) electrons. The van der Waals surface area contributed by atoms with Crippen LogP contribution in [0.2, 0.25) is 0 Å². The van der Waals surface area contributed by atoms with Crippen LogP contribution in [0.3, 0.4) is 0 Å². The summed E-state index contributed by atoms with van der Waals surface area (Å²) in [5.41, 5.74) is 1.17. The van der Waals surface area contributed by atoms with Gasteiger partial charge in [-0.2, -0.15) is 0 Å². The third kappa shape index (κ3) is 2.56. The van der Waals surface area contributed by atoms with Gasteiger partial charge in [-0.05, 0) is 23.3 Å². The molecule has 5 heteroatoms. The molecule has 0 aromatic heterocycles. The standard InChI is InChI=1S/C9H8Br2O3/c10-4-5-3-6(11)1-2-7(5)8(12)9(13)14/h1-3,8,12H,4H2,(H,13,14). The molecule has 0 saturated carbocycles. The summed E-state index contributed by atoms with van der Waals surface area (Å²) >= 11 is 6.51. The second-order valence-corrected chi connectivity index (χ2v) is 4.19. The second kappa shape index (κ2) is 4.91. The third-order valence-corrected chi connectivity index (χ3v) is 2.87. The van der Waals surface area contributed by atoms with Gasteiger partial charge in [0.05, 0.1) is 0 Å². The van der Waals surface area contributed by atoms with Gasteiger partial charge in [-0.25, -0.2) is 4.79 Å². The van der Waals surface area contributed by atoms with Crippen molar-refractivity contribution in [2.45, 2.75) is 11.4 Å². The molecule has 1 atom stereocenters. The van der Waals surface area contributed by atoms with E-state index in [0.29, 0.717) is 10.9 Å². The first-order valence-electron chi connectivity index (χ1n) is 3.81. The van der Waals surface area contributed by atoms with E-state index < -0.39 is 12.1 Å². The predicted molar refractivity (Wildman–Crippen MR) is 59.4 cm³/mol. The molecule has 2 N–H and O–H groups in total. The van der Waals surface area contributed by atoms with Crippen LogP contribution < -0.4 is 0 Å². The summed E-state index contributed by atoms with van der Waals surface area (Å²) in [7, 11) is 0. The minimum atomic E-state index is -1.46. The fourth-order valence-corrected chi connectivity index (χ4v) is 1.98. The Hall–Kier alpha value is -0.390. The van der Waals surface area contributed by atoms with Crippen molar-refractivity contribution in [3.8, 4) is 0 Å². The number of aliphatic hydroxyl groups is 1. The van der Waals surface area contributed by atoms with E-state index in [-0.39, 0.29) is 0 Å². The zero-order chi connectivity index (χ0) is 10.7. The molecule has 1 aromatic rings. The average molecular weight is 324 g/mol. The number of halogens is 2. The number of aliphatic carboxylic acids is 1. The van der Waals surface area contributed by atoms with Gasteiger partial charge in [0, 0.05) is 9.80 Å². The van der Waals surface area contributed by atoms with E-state index in [0.717, 1.165) is 10.0 Å². The molecule has 1 unspecified atom stereocenters. The number of carboxylic acid groups (broad SMARTS) is 1. The molecule has 0 bridgehead atoms. The molecule has 76 valence electrons. The number of rotatable bonds is 3. The summed E-state index contributed by atoms with van der Waals surface area (Å²) in [5, 5.41) is 18.5. The summed E-state index contributed by atoms with van der Waals surface area (Å²) in [4.78, 5) is 10.6. The van der Waals surface area contributed by atoms with Gasteiger partial charge in [-0.3, -0.25) is 0 Å². The Bertz CT molecular complexity index is 352. The summed E-state index contributed by atoms with van der Waals surface area (Å²) < 4.78 is 0.855. The zero-order valence-electron chi connectivity index (χ0n) is 7.08. The summed E-state index contributed by atoms with van der Waals surface area (Å²) in [6, 6.07) is 5.07. The molecule has 0 aliphatic rings. The van der Waals surface area contributed by atoms with Crippen molar-refractivity contribution in [3.05, 3.63) is 33.8 Å². The van der Waals surface area contributed by atoms with Crippen LogP contribution in [0, 0.1) is 0 Å². The summed E-state index contributed by atoms with van der Waals surface area (Å²) in [5.74, 6) is -1.24. The number of aliphatic hydroxyl groups excluding tert-OH is 1. The van der Waals surface area contributed by atoms with Crippen molar-refractivity contribution in [3.63, 3.8) is 0 Å². The van der Waals surface area contributed by atoms with E-state index in [9.17, 15) is 9.90 Å². The summed E-state index contributed by atoms with van der Waals surface area (Å²) in [6.07, 6.45) is -1.46. The van der Waals surface area contributed by atoms with E-state index in [4.69, 9.17) is 5.11 Å². The lowest BCUT2D eigenvalue weighted by molar-refractivity contribution is -0.147. The van der Waals surface area contributed by atoms with E-state index in [1.807, 2.05) is 0 Å². The fourth-order valence-electron chi connectivity index (χ4n) is 1.09. The van der Waals surface area contributed by atoms with Crippen LogP contribution in [0.4, 0.5) is 0 Å². The fraction of sp³-hybridized carbons (Fsp3) is 0.222. The molecule has 0 aliphatic carbocycles. The molecule has 1 rings (SSSR count). The molecular formula is C9H8Br2O3. The largest absolute Gasteiger partial charge is 0.479 e.